The van der Waals surface area contributed by atoms with Gasteiger partial charge >= 0.3 is 12.0 Å². The Morgan fingerprint density at radius 1 is 0.750 bits per heavy atom. The fourth-order valence-electron chi connectivity index (χ4n) is 7.39. The number of hydrogen-bond donors (Lipinski definition) is 8. The number of urea groups is 1. The molecule has 0 aliphatic carbocycles. The number of hydrogen-bond acceptors (Lipinski definition) is 9. The van der Waals surface area contributed by atoms with E-state index in [2.05, 4.69) is 31.9 Å². The van der Waals surface area contributed by atoms with Crippen molar-refractivity contribution >= 4 is 53.3 Å². The highest BCUT2D eigenvalue weighted by atomic mass is 32.2. The van der Waals surface area contributed by atoms with Gasteiger partial charge in [-0.15, -0.1) is 0 Å². The number of rotatable bonds is 15. The highest BCUT2D eigenvalue weighted by molar-refractivity contribution is 7.98. The van der Waals surface area contributed by atoms with E-state index in [0.717, 1.165) is 11.1 Å². The van der Waals surface area contributed by atoms with Crippen LogP contribution in [0, 0.1) is 5.92 Å². The molecule has 1 aliphatic rings. The van der Waals surface area contributed by atoms with Crippen molar-refractivity contribution in [3.63, 3.8) is 0 Å². The van der Waals surface area contributed by atoms with E-state index in [9.17, 15) is 43.8 Å². The first kappa shape index (κ1) is 50.5. The molecule has 1 fully saturated rings. The minimum Gasteiger partial charge on any atom is -0.508 e. The second kappa shape index (κ2) is 25.9. The van der Waals surface area contributed by atoms with Crippen LogP contribution in [0.2, 0.25) is 0 Å². The maximum atomic E-state index is 14.7. The Morgan fingerprint density at radius 2 is 1.36 bits per heavy atom. The van der Waals surface area contributed by atoms with E-state index >= 15 is 0 Å². The molecule has 0 unspecified atom stereocenters. The average molecular weight is 902 g/mol. The molecule has 1 saturated heterocycles. The Balaban J connectivity index is 1.67. The van der Waals surface area contributed by atoms with Crippen LogP contribution in [0.3, 0.4) is 0 Å². The van der Waals surface area contributed by atoms with Crippen LogP contribution < -0.4 is 31.9 Å². The van der Waals surface area contributed by atoms with E-state index in [4.69, 9.17) is 0 Å². The molecule has 0 bridgehead atoms. The first-order chi connectivity index (χ1) is 30.7. The summed E-state index contributed by atoms with van der Waals surface area (Å²) >= 11 is 1.51. The molecule has 0 radical (unpaired) electrons. The number of nitrogens with one attached hydrogen (secondary N) is 6. The predicted molar refractivity (Wildman–Crippen MR) is 245 cm³/mol. The van der Waals surface area contributed by atoms with Gasteiger partial charge in [0.2, 0.25) is 29.5 Å². The number of nitrogens with zero attached hydrogens (tertiary/aromatic N) is 1. The summed E-state index contributed by atoms with van der Waals surface area (Å²) in [5, 5.41) is 36.3. The molecule has 7 amide bonds. The number of carbonyl (C=O) groups is 7. The highest BCUT2D eigenvalue weighted by Crippen LogP contribution is 2.18. The Morgan fingerprint density at radius 3 is 1.98 bits per heavy atom. The van der Waals surface area contributed by atoms with Crippen molar-refractivity contribution in [2.45, 2.75) is 108 Å². The van der Waals surface area contributed by atoms with E-state index < -0.39 is 83.7 Å². The largest absolute Gasteiger partial charge is 0.508 e. The predicted octanol–water partition coefficient (Wildman–Crippen LogP) is 3.31. The quantitative estimate of drug-likeness (QED) is 0.111. The number of amides is 7. The van der Waals surface area contributed by atoms with Gasteiger partial charge in [-0.2, -0.15) is 11.8 Å². The Hall–Kier alpha value is -6.10. The van der Waals surface area contributed by atoms with E-state index in [1.165, 1.54) is 35.8 Å². The van der Waals surface area contributed by atoms with Crippen LogP contribution in [0.25, 0.3) is 0 Å². The highest BCUT2D eigenvalue weighted by Gasteiger charge is 2.36. The number of likely N-dealkylation sites (N-methyl/N-ethyl adjacent to an activating group) is 1. The number of phenolic OH excluding ortho intramolecular Hbond substituents is 1. The van der Waals surface area contributed by atoms with Gasteiger partial charge in [0.05, 0.1) is 0 Å². The van der Waals surface area contributed by atoms with E-state index in [-0.39, 0.29) is 38.0 Å². The van der Waals surface area contributed by atoms with Gasteiger partial charge in [-0.1, -0.05) is 86.6 Å². The summed E-state index contributed by atoms with van der Waals surface area (Å²) in [5.41, 5.74) is 2.39. The fourth-order valence-corrected chi connectivity index (χ4v) is 7.86. The van der Waals surface area contributed by atoms with Crippen LogP contribution in [0.1, 0.15) is 69.1 Å². The molecule has 3 aromatic rings. The van der Waals surface area contributed by atoms with Gasteiger partial charge in [0.15, 0.2) is 0 Å². The number of aliphatic carboxylic acids is 1. The number of carboxylic acids is 1. The molecule has 0 saturated carbocycles. The zero-order valence-electron chi connectivity index (χ0n) is 37.0. The molecule has 16 nitrogen and oxygen atoms in total. The Bertz CT molecular complexity index is 2010. The lowest BCUT2D eigenvalue weighted by Crippen LogP contribution is -2.60. The second-order valence-corrected chi connectivity index (χ2v) is 17.4. The van der Waals surface area contributed by atoms with Gasteiger partial charge in [0.1, 0.15) is 42.0 Å². The molecule has 346 valence electrons. The maximum Gasteiger partial charge on any atom is 0.326 e. The lowest BCUT2D eigenvalue weighted by atomic mass is 9.98. The third-order valence-corrected chi connectivity index (χ3v) is 11.8. The smallest absolute Gasteiger partial charge is 0.326 e. The minimum atomic E-state index is -1.31. The zero-order chi connectivity index (χ0) is 46.6. The number of phenols is 1. The van der Waals surface area contributed by atoms with Crippen LogP contribution in [0.15, 0.2) is 84.9 Å². The molecular formula is C47H63N7O9S. The second-order valence-electron chi connectivity index (χ2n) is 16.4. The van der Waals surface area contributed by atoms with Crippen molar-refractivity contribution < 1.29 is 43.8 Å². The molecule has 0 spiro atoms. The topological polar surface area (TPSA) is 235 Å². The van der Waals surface area contributed by atoms with Crippen LogP contribution in [0.5, 0.6) is 5.75 Å². The summed E-state index contributed by atoms with van der Waals surface area (Å²) in [6.45, 7) is 3.62. The van der Waals surface area contributed by atoms with E-state index in [0.29, 0.717) is 43.4 Å². The van der Waals surface area contributed by atoms with Gasteiger partial charge in [-0.3, -0.25) is 24.0 Å². The van der Waals surface area contributed by atoms with Crippen LogP contribution in [-0.2, 0) is 48.0 Å². The molecule has 17 heteroatoms. The average Bonchev–Trinajstić information content (AvgIpc) is 3.27. The summed E-state index contributed by atoms with van der Waals surface area (Å²) in [6, 6.07) is 16.9. The lowest BCUT2D eigenvalue weighted by molar-refractivity contribution is -0.143. The van der Waals surface area contributed by atoms with Crippen molar-refractivity contribution in [2.24, 2.45) is 5.92 Å². The summed E-state index contributed by atoms with van der Waals surface area (Å²) in [4.78, 5) is 97.9. The van der Waals surface area contributed by atoms with Gasteiger partial charge in [0, 0.05) is 20.0 Å². The third-order valence-electron chi connectivity index (χ3n) is 11.2. The molecule has 8 N–H and O–H groups in total. The maximum absolute atomic E-state index is 14.7. The SMILES string of the molecule is CSCC[C@@H]1NC(=O)[C@H](CCc2ccc(O)cc2)N(C)C(=O)[C@H](CCc2ccccc2)NC(=O)[C@H](C(C)C)NC(=O)[C@H](NC(=O)N[C@@H](Cc2ccccc2)C(=O)O)CCCCNC1=O. The molecule has 6 atom stereocenters. The zero-order valence-corrected chi connectivity index (χ0v) is 37.8. The Labute approximate surface area is 379 Å². The summed E-state index contributed by atoms with van der Waals surface area (Å²) in [5.74, 6) is -4.03. The van der Waals surface area contributed by atoms with Crippen molar-refractivity contribution in [3.8, 4) is 5.75 Å². The van der Waals surface area contributed by atoms with Crippen LogP contribution in [-0.4, -0.2) is 119 Å². The number of thioether (sulfide) groups is 1. The number of aryl methyl sites for hydroxylation is 2. The summed E-state index contributed by atoms with van der Waals surface area (Å²) < 4.78 is 0. The standard InChI is InChI=1S/C47H63N7O9S/c1-30(2)40-44(59)50-37(24-20-31-13-7-5-8-14-31)45(60)54(3)39(25-21-32-18-22-34(55)23-19-32)43(58)49-36(26-28-64-4)41(56)48-27-12-11-17-35(42(57)53-40)51-47(63)52-38(46(61)62)29-33-15-9-6-10-16-33/h5-10,13-16,18-19,22-23,30,35-40,55H,11-12,17,20-21,24-29H2,1-4H3,(H,48,56)(H,49,58)(H,50,59)(H,53,57)(H,61,62)(H2,51,52,63)/t35-,36+,37+,38+,39+,40+/m1/s1. The minimum absolute atomic E-state index is 0.00729. The van der Waals surface area contributed by atoms with Gasteiger partial charge in [-0.25, -0.2) is 9.59 Å². The number of aromatic hydroxyl groups is 1. The molecule has 1 aliphatic heterocycles. The number of carbonyl (C=O) groups excluding carboxylic acids is 6. The summed E-state index contributed by atoms with van der Waals surface area (Å²) in [7, 11) is 1.49. The van der Waals surface area contributed by atoms with Crippen molar-refractivity contribution in [1.29, 1.82) is 0 Å². The van der Waals surface area contributed by atoms with Crippen LogP contribution in [0.4, 0.5) is 4.79 Å². The molecule has 3 aromatic carbocycles. The first-order valence-corrected chi connectivity index (χ1v) is 23.2. The molecule has 0 aromatic heterocycles. The third kappa shape index (κ3) is 16.2. The van der Waals surface area contributed by atoms with E-state index in [1.54, 1.807) is 56.3 Å². The molecule has 64 heavy (non-hydrogen) atoms. The first-order valence-electron chi connectivity index (χ1n) is 21.8. The number of carboxylic acid groups (broad SMARTS) is 1. The molecule has 4 rings (SSSR count). The van der Waals surface area contributed by atoms with Crippen molar-refractivity contribution in [3.05, 3.63) is 102 Å². The monoisotopic (exact) mass is 901 g/mol. The van der Waals surface area contributed by atoms with Gasteiger partial charge < -0.3 is 47.0 Å². The lowest BCUT2D eigenvalue weighted by Gasteiger charge is -2.33. The van der Waals surface area contributed by atoms with Gasteiger partial charge in [0.25, 0.3) is 0 Å². The van der Waals surface area contributed by atoms with Gasteiger partial charge in [-0.05, 0) is 98.1 Å². The number of benzene rings is 3. The fraction of sp³-hybridized carbons (Fsp3) is 0.468. The van der Waals surface area contributed by atoms with Crippen molar-refractivity contribution in [1.82, 2.24) is 36.8 Å². The molecule has 1 heterocycles. The molecular weight excluding hydrogens is 839 g/mol. The van der Waals surface area contributed by atoms with Crippen molar-refractivity contribution in [2.75, 3.05) is 25.6 Å². The summed E-state index contributed by atoms with van der Waals surface area (Å²) in [6.07, 6.45) is 3.96. The Kier molecular flexibility index (Phi) is 20.4. The van der Waals surface area contributed by atoms with Crippen LogP contribution >= 0.6 is 11.8 Å². The normalized spacial score (nSPS) is 21.2. The van der Waals surface area contributed by atoms with E-state index in [1.807, 2.05) is 36.6 Å².